The molecule has 24 heavy (non-hydrogen) atoms. The van der Waals surface area contributed by atoms with Gasteiger partial charge >= 0.3 is 5.97 Å². The molecule has 1 heterocycles. The molecular weight excluding hydrogens is 408 g/mol. The van der Waals surface area contributed by atoms with Crippen LogP contribution >= 0.6 is 39.2 Å². The van der Waals surface area contributed by atoms with E-state index in [1.807, 2.05) is 16.8 Å². The lowest BCUT2D eigenvalue weighted by atomic mass is 9.84. The summed E-state index contributed by atoms with van der Waals surface area (Å²) in [4.78, 5) is 16.6. The van der Waals surface area contributed by atoms with Gasteiger partial charge in [0.25, 0.3) is 0 Å². The molecule has 0 aromatic carbocycles. The van der Waals surface area contributed by atoms with Gasteiger partial charge in [0.2, 0.25) is 0 Å². The molecule has 1 rings (SSSR count). The van der Waals surface area contributed by atoms with Gasteiger partial charge in [-0.15, -0.1) is 0 Å². The molecule has 0 saturated carbocycles. The highest BCUT2D eigenvalue weighted by Gasteiger charge is 2.41. The van der Waals surface area contributed by atoms with E-state index < -0.39 is 5.54 Å². The number of methoxy groups -OCH3 is 1. The lowest BCUT2D eigenvalue weighted by Crippen LogP contribution is -2.48. The zero-order valence-electron chi connectivity index (χ0n) is 14.4. The first-order chi connectivity index (χ1) is 11.1. The maximum absolute atomic E-state index is 12.2. The third-order valence-corrected chi connectivity index (χ3v) is 4.98. The standard InChI is InChI=1S/C17H23BrN2O2S2/c1-7-14(19-12(2)18)17(10-15(21)22-6,13-8-9-23-11-13)20-24-16(3,4)5/h7-9,11,20H,1-2,10H2,3-6H3/b19-14+. The summed E-state index contributed by atoms with van der Waals surface area (Å²) < 4.78 is 8.78. The van der Waals surface area contributed by atoms with E-state index in [1.54, 1.807) is 17.4 Å². The number of carbonyl (C=O) groups is 1. The molecule has 0 amide bonds. The fourth-order valence-electron chi connectivity index (χ4n) is 1.97. The summed E-state index contributed by atoms with van der Waals surface area (Å²) in [6.07, 6.45) is 1.73. The number of halogens is 1. The average Bonchev–Trinajstić information content (AvgIpc) is 3.02. The first-order valence-corrected chi connectivity index (χ1v) is 9.80. The molecule has 0 aliphatic rings. The zero-order chi connectivity index (χ0) is 18.4. The highest BCUT2D eigenvalue weighted by Crippen LogP contribution is 2.35. The Morgan fingerprint density at radius 1 is 1.54 bits per heavy atom. The van der Waals surface area contributed by atoms with Crippen molar-refractivity contribution in [3.8, 4) is 0 Å². The van der Waals surface area contributed by atoms with Crippen molar-refractivity contribution < 1.29 is 9.53 Å². The number of ether oxygens (including phenoxy) is 1. The normalized spacial score (nSPS) is 14.8. The fourth-order valence-corrected chi connectivity index (χ4v) is 3.67. The van der Waals surface area contributed by atoms with Crippen molar-refractivity contribution in [1.82, 2.24) is 4.72 Å². The lowest BCUT2D eigenvalue weighted by Gasteiger charge is -2.36. The van der Waals surface area contributed by atoms with Crippen molar-refractivity contribution in [2.45, 2.75) is 37.5 Å². The number of hydrogen-bond donors (Lipinski definition) is 1. The van der Waals surface area contributed by atoms with Crippen molar-refractivity contribution in [3.63, 3.8) is 0 Å². The molecule has 1 N–H and O–H groups in total. The molecule has 0 fully saturated rings. The van der Waals surface area contributed by atoms with Gasteiger partial charge in [0.05, 0.1) is 23.8 Å². The minimum atomic E-state index is -0.858. The van der Waals surface area contributed by atoms with Crippen molar-refractivity contribution in [2.75, 3.05) is 7.11 Å². The van der Waals surface area contributed by atoms with E-state index in [2.05, 4.69) is 59.6 Å². The van der Waals surface area contributed by atoms with Crippen LogP contribution in [0, 0.1) is 0 Å². The second-order valence-corrected chi connectivity index (χ2v) is 9.39. The Labute approximate surface area is 160 Å². The zero-order valence-corrected chi connectivity index (χ0v) is 17.6. The monoisotopic (exact) mass is 430 g/mol. The highest BCUT2D eigenvalue weighted by molar-refractivity contribution is 9.11. The van der Waals surface area contributed by atoms with Crippen molar-refractivity contribution in [3.05, 3.63) is 46.2 Å². The summed E-state index contributed by atoms with van der Waals surface area (Å²) in [6, 6.07) is 1.97. The van der Waals surface area contributed by atoms with Crippen LogP contribution < -0.4 is 4.72 Å². The SMILES string of the molecule is C=C/C(=N\C(=C)Br)C(CC(=O)OC)(NSC(C)(C)C)c1ccsc1. The Balaban J connectivity index is 3.50. The van der Waals surface area contributed by atoms with Crippen LogP contribution in [0.25, 0.3) is 0 Å². The van der Waals surface area contributed by atoms with E-state index >= 15 is 0 Å². The Morgan fingerprint density at radius 3 is 2.62 bits per heavy atom. The molecule has 4 nitrogen and oxygen atoms in total. The number of aliphatic imine (C=N–C) groups is 1. The minimum absolute atomic E-state index is 0.0604. The van der Waals surface area contributed by atoms with Crippen LogP contribution in [-0.4, -0.2) is 23.5 Å². The molecule has 1 aromatic rings. The van der Waals surface area contributed by atoms with Crippen LogP contribution in [0.5, 0.6) is 0 Å². The van der Waals surface area contributed by atoms with Crippen molar-refractivity contribution in [1.29, 1.82) is 0 Å². The molecular formula is C17H23BrN2O2S2. The predicted molar refractivity (Wildman–Crippen MR) is 109 cm³/mol. The molecule has 1 unspecified atom stereocenters. The van der Waals surface area contributed by atoms with Crippen LogP contribution in [-0.2, 0) is 15.1 Å². The summed E-state index contributed by atoms with van der Waals surface area (Å²) in [5.74, 6) is -0.335. The van der Waals surface area contributed by atoms with E-state index in [9.17, 15) is 4.79 Å². The molecule has 0 aliphatic heterocycles. The number of esters is 1. The summed E-state index contributed by atoms with van der Waals surface area (Å²) in [5, 5.41) is 3.96. The van der Waals surface area contributed by atoms with Gasteiger partial charge in [-0.2, -0.15) is 11.3 Å². The van der Waals surface area contributed by atoms with Gasteiger partial charge in [0.15, 0.2) is 0 Å². The van der Waals surface area contributed by atoms with Gasteiger partial charge in [-0.3, -0.25) is 4.79 Å². The summed E-state index contributed by atoms with van der Waals surface area (Å²) >= 11 is 6.36. The quantitative estimate of drug-likeness (QED) is 0.271. The smallest absolute Gasteiger partial charge is 0.308 e. The van der Waals surface area contributed by atoms with E-state index in [4.69, 9.17) is 4.74 Å². The van der Waals surface area contributed by atoms with Crippen LogP contribution in [0.15, 0.2) is 45.7 Å². The number of rotatable bonds is 8. The molecule has 1 atom stereocenters. The molecule has 7 heteroatoms. The molecule has 0 saturated heterocycles. The van der Waals surface area contributed by atoms with Gasteiger partial charge < -0.3 is 4.74 Å². The van der Waals surface area contributed by atoms with Crippen LogP contribution in [0.1, 0.15) is 32.8 Å². The van der Waals surface area contributed by atoms with Crippen LogP contribution in [0.3, 0.4) is 0 Å². The third kappa shape index (κ3) is 5.88. The number of thiophene rings is 1. The van der Waals surface area contributed by atoms with Gasteiger partial charge in [-0.05, 0) is 65.2 Å². The molecule has 1 aromatic heterocycles. The number of nitrogens with one attached hydrogen (secondary N) is 1. The Hall–Kier alpha value is -0.890. The summed E-state index contributed by atoms with van der Waals surface area (Å²) in [5.41, 5.74) is 0.677. The Morgan fingerprint density at radius 2 is 2.21 bits per heavy atom. The van der Waals surface area contributed by atoms with Gasteiger partial charge in [-0.1, -0.05) is 25.1 Å². The number of nitrogens with zero attached hydrogens (tertiary/aromatic N) is 1. The van der Waals surface area contributed by atoms with Crippen LogP contribution in [0.4, 0.5) is 0 Å². The number of hydrogen-bond acceptors (Lipinski definition) is 6. The maximum atomic E-state index is 12.2. The van der Waals surface area contributed by atoms with E-state index in [0.29, 0.717) is 10.3 Å². The first-order valence-electron chi connectivity index (χ1n) is 7.25. The van der Waals surface area contributed by atoms with Gasteiger partial charge in [-0.25, -0.2) is 9.71 Å². The summed E-state index contributed by atoms with van der Waals surface area (Å²) in [7, 11) is 1.38. The predicted octanol–water partition coefficient (Wildman–Crippen LogP) is 5.04. The van der Waals surface area contributed by atoms with E-state index in [0.717, 1.165) is 5.56 Å². The van der Waals surface area contributed by atoms with E-state index in [1.165, 1.54) is 19.1 Å². The Bertz CT molecular complexity index is 621. The van der Waals surface area contributed by atoms with Crippen LogP contribution in [0.2, 0.25) is 0 Å². The van der Waals surface area contributed by atoms with E-state index in [-0.39, 0.29) is 17.1 Å². The molecule has 0 aliphatic carbocycles. The Kier molecular flexibility index (Phi) is 7.92. The fraction of sp³-hybridized carbons (Fsp3) is 0.412. The second-order valence-electron chi connectivity index (χ2n) is 6.06. The highest BCUT2D eigenvalue weighted by atomic mass is 79.9. The largest absolute Gasteiger partial charge is 0.469 e. The molecule has 132 valence electrons. The lowest BCUT2D eigenvalue weighted by molar-refractivity contribution is -0.141. The molecule has 0 bridgehead atoms. The summed E-state index contributed by atoms with van der Waals surface area (Å²) in [6.45, 7) is 13.9. The third-order valence-electron chi connectivity index (χ3n) is 3.05. The van der Waals surface area contributed by atoms with Gasteiger partial charge in [0.1, 0.15) is 5.54 Å². The maximum Gasteiger partial charge on any atom is 0.308 e. The minimum Gasteiger partial charge on any atom is -0.469 e. The van der Waals surface area contributed by atoms with Crippen molar-refractivity contribution >= 4 is 50.9 Å². The van der Waals surface area contributed by atoms with Crippen molar-refractivity contribution in [2.24, 2.45) is 4.99 Å². The van der Waals surface area contributed by atoms with Gasteiger partial charge in [0, 0.05) is 4.75 Å². The number of carbonyl (C=O) groups excluding carboxylic acids is 1. The first kappa shape index (κ1) is 21.2. The average molecular weight is 431 g/mol. The topological polar surface area (TPSA) is 50.7 Å². The second kappa shape index (κ2) is 8.99. The molecule has 0 spiro atoms. The molecule has 0 radical (unpaired) electrons.